The molecule has 0 spiro atoms. The molecule has 0 aliphatic rings. The molecule has 0 saturated carbocycles. The minimum Gasteiger partial charge on any atom is -0.0622 e. The Hall–Kier alpha value is -1.56. The smallest absolute Gasteiger partial charge is 0.0305 e. The van der Waals surface area contributed by atoms with Gasteiger partial charge >= 0.3 is 0 Å². The van der Waals surface area contributed by atoms with Crippen LogP contribution in [0.4, 0.5) is 0 Å². The zero-order valence-corrected chi connectivity index (χ0v) is 10.4. The predicted molar refractivity (Wildman–Crippen MR) is 71.7 cm³/mol. The fraction of sp³-hybridized carbons (Fsp3) is 0.250. The van der Waals surface area contributed by atoms with Crippen molar-refractivity contribution < 1.29 is 0 Å². The van der Waals surface area contributed by atoms with Gasteiger partial charge in [0.05, 0.1) is 0 Å². The number of benzene rings is 2. The van der Waals surface area contributed by atoms with Crippen LogP contribution in [0, 0.1) is 13.8 Å². The van der Waals surface area contributed by atoms with E-state index in [4.69, 9.17) is 0 Å². The third-order valence-corrected chi connectivity index (χ3v) is 2.58. The number of rotatable bonds is 1. The zero-order chi connectivity index (χ0) is 11.8. The minimum absolute atomic E-state index is 1.15. The Morgan fingerprint density at radius 1 is 0.750 bits per heavy atom. The molecule has 0 fully saturated rings. The Balaban J connectivity index is 0.000000165. The molecule has 0 N–H and O–H groups in total. The van der Waals surface area contributed by atoms with Gasteiger partial charge in [-0.1, -0.05) is 67.1 Å². The van der Waals surface area contributed by atoms with E-state index in [0.717, 1.165) is 6.42 Å². The third-order valence-electron chi connectivity index (χ3n) is 2.58. The van der Waals surface area contributed by atoms with Crippen LogP contribution >= 0.6 is 0 Å². The largest absolute Gasteiger partial charge is 0.0622 e. The van der Waals surface area contributed by atoms with Gasteiger partial charge in [-0.2, -0.15) is 0 Å². The predicted octanol–water partition coefficient (Wildman–Crippen LogP) is 4.55. The van der Waals surface area contributed by atoms with Gasteiger partial charge in [0.2, 0.25) is 0 Å². The van der Waals surface area contributed by atoms with E-state index in [2.05, 4.69) is 57.2 Å². The maximum Gasteiger partial charge on any atom is -0.0305 e. The van der Waals surface area contributed by atoms with Gasteiger partial charge in [-0.25, -0.2) is 0 Å². The van der Waals surface area contributed by atoms with Crippen LogP contribution < -0.4 is 0 Å². The van der Waals surface area contributed by atoms with Crippen molar-refractivity contribution in [2.75, 3.05) is 0 Å². The molecule has 0 heteroatoms. The first kappa shape index (κ1) is 12.5. The Morgan fingerprint density at radius 3 is 1.69 bits per heavy atom. The van der Waals surface area contributed by atoms with E-state index in [9.17, 15) is 0 Å². The number of aryl methyl sites for hydroxylation is 3. The van der Waals surface area contributed by atoms with Gasteiger partial charge in [-0.15, -0.1) is 0 Å². The van der Waals surface area contributed by atoms with Crippen LogP contribution in [-0.4, -0.2) is 0 Å². The van der Waals surface area contributed by atoms with Crippen LogP contribution in [0.2, 0.25) is 0 Å². The van der Waals surface area contributed by atoms with Gasteiger partial charge in [0.25, 0.3) is 0 Å². The minimum atomic E-state index is 1.15. The highest BCUT2D eigenvalue weighted by Gasteiger charge is 1.89. The molecule has 2 aromatic rings. The molecule has 0 unspecified atom stereocenters. The van der Waals surface area contributed by atoms with Crippen LogP contribution in [0.15, 0.2) is 54.6 Å². The highest BCUT2D eigenvalue weighted by Crippen LogP contribution is 2.06. The monoisotopic (exact) mass is 212 g/mol. The van der Waals surface area contributed by atoms with Crippen molar-refractivity contribution in [2.45, 2.75) is 27.2 Å². The molecule has 0 radical (unpaired) electrons. The summed E-state index contributed by atoms with van der Waals surface area (Å²) >= 11 is 0. The normalized spacial score (nSPS) is 9.19. The van der Waals surface area contributed by atoms with Gasteiger partial charge in [0.1, 0.15) is 0 Å². The summed E-state index contributed by atoms with van der Waals surface area (Å²) in [5, 5.41) is 0. The van der Waals surface area contributed by atoms with Gasteiger partial charge in [0, 0.05) is 0 Å². The van der Waals surface area contributed by atoms with E-state index >= 15 is 0 Å². The maximum absolute atomic E-state index is 2.18. The summed E-state index contributed by atoms with van der Waals surface area (Å²) in [4.78, 5) is 0. The second-order valence-corrected chi connectivity index (χ2v) is 3.93. The van der Waals surface area contributed by atoms with Crippen LogP contribution in [0.5, 0.6) is 0 Å². The molecule has 0 heterocycles. The molecular formula is C16H20. The summed E-state index contributed by atoms with van der Waals surface area (Å²) in [5.41, 5.74) is 4.18. The summed E-state index contributed by atoms with van der Waals surface area (Å²) in [5.74, 6) is 0. The van der Waals surface area contributed by atoms with Crippen molar-refractivity contribution in [1.82, 2.24) is 0 Å². The second kappa shape index (κ2) is 6.84. The molecule has 0 atom stereocenters. The first-order valence-corrected chi connectivity index (χ1v) is 5.80. The molecular weight excluding hydrogens is 192 g/mol. The van der Waals surface area contributed by atoms with Crippen LogP contribution in [0.3, 0.4) is 0 Å². The zero-order valence-electron chi connectivity index (χ0n) is 10.4. The molecule has 2 aromatic carbocycles. The van der Waals surface area contributed by atoms with E-state index in [1.807, 2.05) is 18.2 Å². The van der Waals surface area contributed by atoms with Crippen LogP contribution in [0.25, 0.3) is 0 Å². The molecule has 0 aromatic heterocycles. The third kappa shape index (κ3) is 4.31. The molecule has 0 aliphatic heterocycles. The molecule has 0 amide bonds. The Labute approximate surface area is 99.0 Å². The molecule has 2 rings (SSSR count). The topological polar surface area (TPSA) is 0 Å². The SMILES string of the molecule is CCc1ccccc1C.Cc1ccccc1. The highest BCUT2D eigenvalue weighted by molar-refractivity contribution is 5.25. The van der Waals surface area contributed by atoms with Gasteiger partial charge < -0.3 is 0 Å². The summed E-state index contributed by atoms with van der Waals surface area (Å²) in [6.07, 6.45) is 1.15. The fourth-order valence-electron chi connectivity index (χ4n) is 1.54. The van der Waals surface area contributed by atoms with E-state index in [1.165, 1.54) is 16.7 Å². The van der Waals surface area contributed by atoms with Crippen molar-refractivity contribution in [3.63, 3.8) is 0 Å². The lowest BCUT2D eigenvalue weighted by molar-refractivity contribution is 1.11. The maximum atomic E-state index is 2.18. The highest BCUT2D eigenvalue weighted by atomic mass is 13.9. The average molecular weight is 212 g/mol. The molecule has 0 nitrogen and oxygen atoms in total. The number of hydrogen-bond acceptors (Lipinski definition) is 0. The molecule has 0 aliphatic carbocycles. The molecule has 0 bridgehead atoms. The molecule has 16 heavy (non-hydrogen) atoms. The Morgan fingerprint density at radius 2 is 1.31 bits per heavy atom. The van der Waals surface area contributed by atoms with Crippen molar-refractivity contribution in [1.29, 1.82) is 0 Å². The van der Waals surface area contributed by atoms with E-state index in [-0.39, 0.29) is 0 Å². The van der Waals surface area contributed by atoms with E-state index in [1.54, 1.807) is 0 Å². The first-order chi connectivity index (χ1) is 7.74. The van der Waals surface area contributed by atoms with Crippen molar-refractivity contribution in [3.05, 3.63) is 71.3 Å². The Bertz CT molecular complexity index is 401. The van der Waals surface area contributed by atoms with Crippen molar-refractivity contribution in [2.24, 2.45) is 0 Å². The lowest BCUT2D eigenvalue weighted by atomic mass is 10.1. The van der Waals surface area contributed by atoms with Gasteiger partial charge in [-0.3, -0.25) is 0 Å². The standard InChI is InChI=1S/C9H12.C7H8/c1-3-9-7-5-4-6-8(9)2;1-7-5-3-2-4-6-7/h4-7H,3H2,1-2H3;2-6H,1H3. The number of hydrogen-bond donors (Lipinski definition) is 0. The molecule has 0 saturated heterocycles. The quantitative estimate of drug-likeness (QED) is 0.650. The fourth-order valence-corrected chi connectivity index (χ4v) is 1.54. The van der Waals surface area contributed by atoms with Gasteiger partial charge in [-0.05, 0) is 31.4 Å². The summed E-state index contributed by atoms with van der Waals surface area (Å²) in [7, 11) is 0. The van der Waals surface area contributed by atoms with Crippen molar-refractivity contribution >= 4 is 0 Å². The van der Waals surface area contributed by atoms with E-state index in [0.29, 0.717) is 0 Å². The lowest BCUT2D eigenvalue weighted by Gasteiger charge is -1.98. The lowest BCUT2D eigenvalue weighted by Crippen LogP contribution is -1.82. The van der Waals surface area contributed by atoms with E-state index < -0.39 is 0 Å². The summed E-state index contributed by atoms with van der Waals surface area (Å²) in [6, 6.07) is 18.8. The Kier molecular flexibility index (Phi) is 5.35. The van der Waals surface area contributed by atoms with Crippen LogP contribution in [-0.2, 0) is 6.42 Å². The molecule has 84 valence electrons. The second-order valence-electron chi connectivity index (χ2n) is 3.93. The average Bonchev–Trinajstić information content (AvgIpc) is 2.31. The van der Waals surface area contributed by atoms with Gasteiger partial charge in [0.15, 0.2) is 0 Å². The summed E-state index contributed by atoms with van der Waals surface area (Å²) < 4.78 is 0. The van der Waals surface area contributed by atoms with Crippen LogP contribution in [0.1, 0.15) is 23.6 Å². The summed E-state index contributed by atoms with van der Waals surface area (Å²) in [6.45, 7) is 6.42. The van der Waals surface area contributed by atoms with Crippen molar-refractivity contribution in [3.8, 4) is 0 Å². The first-order valence-electron chi connectivity index (χ1n) is 5.80.